The Balaban J connectivity index is 0.000000433. The van der Waals surface area contributed by atoms with Crippen molar-refractivity contribution in [1.82, 2.24) is 0 Å². The topological polar surface area (TPSA) is 55.6 Å². The molecule has 0 saturated heterocycles. The number of carbonyl (C=O) groups is 1. The molecule has 0 aliphatic carbocycles. The summed E-state index contributed by atoms with van der Waals surface area (Å²) in [5.41, 5.74) is 2.64. The zero-order valence-corrected chi connectivity index (χ0v) is 13.9. The molecule has 1 aliphatic heterocycles. The van der Waals surface area contributed by atoms with Crippen LogP contribution in [0.3, 0.4) is 0 Å². The highest BCUT2D eigenvalue weighted by molar-refractivity contribution is 6.06. The molecule has 1 heterocycles. The number of benzene rings is 2. The Labute approximate surface area is 136 Å². The van der Waals surface area contributed by atoms with Gasteiger partial charge < -0.3 is 10.1 Å². The molecule has 23 heavy (non-hydrogen) atoms. The van der Waals surface area contributed by atoms with E-state index in [1.54, 1.807) is 0 Å². The Hall–Kier alpha value is -2.40. The van der Waals surface area contributed by atoms with Crippen LogP contribution in [-0.4, -0.2) is 29.5 Å². The van der Waals surface area contributed by atoms with E-state index >= 15 is 0 Å². The van der Waals surface area contributed by atoms with E-state index in [2.05, 4.69) is 84.8 Å². The van der Waals surface area contributed by atoms with Crippen molar-refractivity contribution in [2.45, 2.75) is 39.8 Å². The summed E-state index contributed by atoms with van der Waals surface area (Å²) < 4.78 is 2.37. The number of rotatable bonds is 3. The lowest BCUT2D eigenvalue weighted by molar-refractivity contribution is -0.652. The standard InChI is InChI=1S/C17H21N2.CH2O3/c1-12(2)18-11-19(13(3)4)16-10-6-8-14-7-5-9-15(18)17(14)16;2-1-4-3/h5-13H,1-4H3;1,3H/q+1;/p-1. The van der Waals surface area contributed by atoms with Gasteiger partial charge in [0.05, 0.1) is 17.5 Å². The third-order valence-corrected chi connectivity index (χ3v) is 3.82. The molecule has 0 radical (unpaired) electrons. The molecular formula is C18H22N2O3. The molecule has 0 saturated carbocycles. The van der Waals surface area contributed by atoms with E-state index in [0.717, 1.165) is 0 Å². The maximum absolute atomic E-state index is 8.64. The first-order chi connectivity index (χ1) is 11.0. The zero-order chi connectivity index (χ0) is 17.0. The Bertz CT molecular complexity index is 718. The van der Waals surface area contributed by atoms with Crippen molar-refractivity contribution in [2.24, 2.45) is 0 Å². The third-order valence-electron chi connectivity index (χ3n) is 3.82. The van der Waals surface area contributed by atoms with Gasteiger partial charge in [0.25, 0.3) is 6.47 Å². The summed E-state index contributed by atoms with van der Waals surface area (Å²) in [5, 5.41) is 11.1. The summed E-state index contributed by atoms with van der Waals surface area (Å²) in [7, 11) is 0. The van der Waals surface area contributed by atoms with Crippen LogP contribution in [0, 0.1) is 0 Å². The Morgan fingerprint density at radius 1 is 1.13 bits per heavy atom. The van der Waals surface area contributed by atoms with E-state index in [4.69, 9.17) is 10.1 Å². The summed E-state index contributed by atoms with van der Waals surface area (Å²) in [6, 6.07) is 14.1. The van der Waals surface area contributed by atoms with Crippen LogP contribution in [0.4, 0.5) is 11.4 Å². The average Bonchev–Trinajstić information content (AvgIpc) is 2.55. The van der Waals surface area contributed by atoms with Gasteiger partial charge in [0.15, 0.2) is 0 Å². The van der Waals surface area contributed by atoms with Crippen LogP contribution in [0.2, 0.25) is 0 Å². The summed E-state index contributed by atoms with van der Waals surface area (Å²) in [5.74, 6) is 0. The number of nitrogens with zero attached hydrogens (tertiary/aromatic N) is 2. The Kier molecular flexibility index (Phi) is 5.34. The average molecular weight is 314 g/mol. The highest BCUT2D eigenvalue weighted by atomic mass is 17.1. The van der Waals surface area contributed by atoms with Crippen molar-refractivity contribution in [2.75, 3.05) is 4.90 Å². The van der Waals surface area contributed by atoms with Crippen molar-refractivity contribution >= 4 is 35.0 Å². The molecule has 0 spiro atoms. The zero-order valence-electron chi connectivity index (χ0n) is 13.9. The predicted molar refractivity (Wildman–Crippen MR) is 89.8 cm³/mol. The van der Waals surface area contributed by atoms with Gasteiger partial charge in [-0.2, -0.15) is 0 Å². The van der Waals surface area contributed by atoms with Gasteiger partial charge in [-0.25, -0.2) is 9.48 Å². The van der Waals surface area contributed by atoms with Crippen LogP contribution in [0.25, 0.3) is 10.8 Å². The van der Waals surface area contributed by atoms with Crippen LogP contribution in [-0.2, 0) is 9.68 Å². The number of carbonyl (C=O) groups excluding carboxylic acids is 1. The molecule has 0 amide bonds. The van der Waals surface area contributed by atoms with E-state index in [0.29, 0.717) is 12.1 Å². The predicted octanol–water partition coefficient (Wildman–Crippen LogP) is 2.58. The highest BCUT2D eigenvalue weighted by Crippen LogP contribution is 2.38. The SMILES string of the molecule is CC(C)N1C=[N+](C(C)C)c2cccc3cccc1c23.O=CO[O-]. The first kappa shape index (κ1) is 17.0. The lowest BCUT2D eigenvalue weighted by Gasteiger charge is -2.27. The second-order valence-electron chi connectivity index (χ2n) is 5.96. The molecule has 5 nitrogen and oxygen atoms in total. The molecule has 0 atom stereocenters. The highest BCUT2D eigenvalue weighted by Gasteiger charge is 2.28. The number of hydrogen-bond donors (Lipinski definition) is 0. The van der Waals surface area contributed by atoms with Crippen molar-refractivity contribution in [3.63, 3.8) is 0 Å². The smallest absolute Gasteiger partial charge is 0.287 e. The van der Waals surface area contributed by atoms with Crippen molar-refractivity contribution in [3.05, 3.63) is 36.4 Å². The Morgan fingerprint density at radius 2 is 1.74 bits per heavy atom. The van der Waals surface area contributed by atoms with Crippen molar-refractivity contribution in [1.29, 1.82) is 0 Å². The number of hydrogen-bond acceptors (Lipinski definition) is 4. The minimum Gasteiger partial charge on any atom is -0.662 e. The molecule has 3 rings (SSSR count). The van der Waals surface area contributed by atoms with Gasteiger partial charge in [-0.05, 0) is 45.2 Å². The summed E-state index contributed by atoms with van der Waals surface area (Å²) >= 11 is 0. The summed E-state index contributed by atoms with van der Waals surface area (Å²) in [4.78, 5) is 13.6. The molecule has 0 bridgehead atoms. The fourth-order valence-corrected chi connectivity index (χ4v) is 2.81. The van der Waals surface area contributed by atoms with Gasteiger partial charge in [0.1, 0.15) is 11.4 Å². The second kappa shape index (κ2) is 7.24. The Morgan fingerprint density at radius 3 is 2.26 bits per heavy atom. The van der Waals surface area contributed by atoms with E-state index < -0.39 is 0 Å². The van der Waals surface area contributed by atoms with Gasteiger partial charge in [0, 0.05) is 0 Å². The summed E-state index contributed by atoms with van der Waals surface area (Å²) in [6.07, 6.45) is 2.26. The quantitative estimate of drug-likeness (QED) is 0.378. The van der Waals surface area contributed by atoms with E-state index in [1.807, 2.05) is 0 Å². The minimum absolute atomic E-state index is 0.181. The monoisotopic (exact) mass is 314 g/mol. The van der Waals surface area contributed by atoms with Crippen molar-refractivity contribution < 1.29 is 19.5 Å². The molecule has 0 N–H and O–H groups in total. The molecule has 122 valence electrons. The van der Waals surface area contributed by atoms with Gasteiger partial charge >= 0.3 is 0 Å². The fourth-order valence-electron chi connectivity index (χ4n) is 2.81. The van der Waals surface area contributed by atoms with Gasteiger partial charge in [-0.15, -0.1) is 0 Å². The first-order valence-electron chi connectivity index (χ1n) is 7.67. The molecule has 5 heteroatoms. The third kappa shape index (κ3) is 3.35. The van der Waals surface area contributed by atoms with Crippen LogP contribution >= 0.6 is 0 Å². The molecule has 2 aromatic rings. The van der Waals surface area contributed by atoms with Crippen LogP contribution in [0.15, 0.2) is 36.4 Å². The van der Waals surface area contributed by atoms with Crippen LogP contribution in [0.1, 0.15) is 27.7 Å². The molecule has 2 aromatic carbocycles. The molecule has 1 aliphatic rings. The van der Waals surface area contributed by atoms with Crippen molar-refractivity contribution in [3.8, 4) is 0 Å². The molecular weight excluding hydrogens is 292 g/mol. The van der Waals surface area contributed by atoms with Gasteiger partial charge in [0.2, 0.25) is 6.34 Å². The fraction of sp³-hybridized carbons (Fsp3) is 0.333. The minimum atomic E-state index is -0.181. The lowest BCUT2D eigenvalue weighted by atomic mass is 10.0. The number of anilines is 1. The van der Waals surface area contributed by atoms with Gasteiger partial charge in [-0.1, -0.05) is 24.3 Å². The normalized spacial score (nSPS) is 12.8. The first-order valence-corrected chi connectivity index (χ1v) is 7.67. The largest absolute Gasteiger partial charge is 0.662 e. The maximum atomic E-state index is 8.64. The molecule has 0 fully saturated rings. The van der Waals surface area contributed by atoms with Gasteiger partial charge in [-0.3, -0.25) is 4.79 Å². The van der Waals surface area contributed by atoms with E-state index in [9.17, 15) is 0 Å². The lowest BCUT2D eigenvalue weighted by Crippen LogP contribution is -2.37. The second-order valence-corrected chi connectivity index (χ2v) is 5.96. The maximum Gasteiger partial charge on any atom is 0.287 e. The molecule has 0 unspecified atom stereocenters. The molecule has 0 aromatic heterocycles. The van der Waals surface area contributed by atoms with E-state index in [-0.39, 0.29) is 6.47 Å². The van der Waals surface area contributed by atoms with Crippen LogP contribution in [0.5, 0.6) is 0 Å². The van der Waals surface area contributed by atoms with Crippen LogP contribution < -0.4 is 10.2 Å². The van der Waals surface area contributed by atoms with E-state index in [1.165, 1.54) is 22.1 Å². The summed E-state index contributed by atoms with van der Waals surface area (Å²) in [6.45, 7) is 8.77.